The fourth-order valence-electron chi connectivity index (χ4n) is 2.42. The van der Waals surface area contributed by atoms with E-state index in [1.165, 1.54) is 0 Å². The molecule has 0 aliphatic rings. The van der Waals surface area contributed by atoms with Gasteiger partial charge in [-0.1, -0.05) is 12.1 Å². The second-order valence-corrected chi connectivity index (χ2v) is 5.67. The molecule has 0 saturated heterocycles. The summed E-state index contributed by atoms with van der Waals surface area (Å²) < 4.78 is 1.63. The first-order valence-electron chi connectivity index (χ1n) is 7.58. The monoisotopic (exact) mass is 322 g/mol. The number of tetrazole rings is 1. The zero-order valence-corrected chi connectivity index (χ0v) is 13.6. The summed E-state index contributed by atoms with van der Waals surface area (Å²) >= 11 is 0. The van der Waals surface area contributed by atoms with E-state index < -0.39 is 0 Å². The van der Waals surface area contributed by atoms with Gasteiger partial charge in [-0.25, -0.2) is 4.68 Å². The van der Waals surface area contributed by atoms with Crippen molar-refractivity contribution in [3.63, 3.8) is 0 Å². The fourth-order valence-corrected chi connectivity index (χ4v) is 2.42. The molecule has 0 aliphatic heterocycles. The average molecular weight is 322 g/mol. The minimum atomic E-state index is -0.0137. The molecule has 0 radical (unpaired) electrons. The van der Waals surface area contributed by atoms with E-state index in [1.807, 2.05) is 37.3 Å². The van der Waals surface area contributed by atoms with Crippen molar-refractivity contribution in [2.45, 2.75) is 20.0 Å². The third-order valence-electron chi connectivity index (χ3n) is 3.83. The largest absolute Gasteiger partial charge is 0.337 e. The number of aromatic nitrogens is 5. The van der Waals surface area contributed by atoms with Gasteiger partial charge in [-0.3, -0.25) is 9.78 Å². The van der Waals surface area contributed by atoms with E-state index in [-0.39, 0.29) is 5.91 Å². The molecule has 3 rings (SSSR count). The molecule has 0 atom stereocenters. The number of pyridine rings is 1. The van der Waals surface area contributed by atoms with Crippen molar-refractivity contribution in [2.75, 3.05) is 7.05 Å². The third kappa shape index (κ3) is 3.62. The van der Waals surface area contributed by atoms with E-state index in [9.17, 15) is 4.79 Å². The highest BCUT2D eigenvalue weighted by Gasteiger charge is 2.13. The number of carbonyl (C=O) groups excluding carboxylic acids is 1. The molecule has 7 nitrogen and oxygen atoms in total. The predicted octanol–water partition coefficient (Wildman–Crippen LogP) is 1.70. The molecule has 1 amide bonds. The number of amides is 1. The number of rotatable bonds is 5. The first-order chi connectivity index (χ1) is 11.6. The van der Waals surface area contributed by atoms with Crippen LogP contribution in [0.25, 0.3) is 0 Å². The van der Waals surface area contributed by atoms with Crippen molar-refractivity contribution in [2.24, 2.45) is 0 Å². The molecule has 2 aromatic heterocycles. The smallest absolute Gasteiger partial charge is 0.253 e. The number of benzene rings is 1. The van der Waals surface area contributed by atoms with Crippen molar-refractivity contribution in [1.82, 2.24) is 30.1 Å². The van der Waals surface area contributed by atoms with Gasteiger partial charge in [-0.15, -0.1) is 5.10 Å². The first kappa shape index (κ1) is 15.8. The lowest BCUT2D eigenvalue weighted by Gasteiger charge is -2.18. The highest BCUT2D eigenvalue weighted by Crippen LogP contribution is 2.12. The molecule has 0 unspecified atom stereocenters. The Morgan fingerprint density at radius 2 is 2.00 bits per heavy atom. The van der Waals surface area contributed by atoms with E-state index in [1.54, 1.807) is 35.4 Å². The first-order valence-corrected chi connectivity index (χ1v) is 7.58. The van der Waals surface area contributed by atoms with Gasteiger partial charge in [0.15, 0.2) is 0 Å². The number of hydrogen-bond acceptors (Lipinski definition) is 5. The lowest BCUT2D eigenvalue weighted by Crippen LogP contribution is -2.26. The molecular formula is C17H18N6O. The van der Waals surface area contributed by atoms with Crippen LogP contribution >= 0.6 is 0 Å². The number of nitrogens with zero attached hydrogens (tertiary/aromatic N) is 6. The molecule has 3 aromatic rings. The van der Waals surface area contributed by atoms with Gasteiger partial charge < -0.3 is 4.90 Å². The maximum atomic E-state index is 12.6. The van der Waals surface area contributed by atoms with Crippen molar-refractivity contribution in [3.05, 3.63) is 71.3 Å². The Morgan fingerprint density at radius 3 is 2.67 bits per heavy atom. The summed E-state index contributed by atoms with van der Waals surface area (Å²) in [5, 5.41) is 11.0. The van der Waals surface area contributed by atoms with Crippen LogP contribution in [0.3, 0.4) is 0 Å². The number of carbonyl (C=O) groups is 1. The van der Waals surface area contributed by atoms with Gasteiger partial charge in [0.2, 0.25) is 0 Å². The summed E-state index contributed by atoms with van der Waals surface area (Å²) in [6, 6.07) is 9.44. The summed E-state index contributed by atoms with van der Waals surface area (Å²) in [6.07, 6.45) is 5.11. The highest BCUT2D eigenvalue weighted by molar-refractivity contribution is 5.94. The van der Waals surface area contributed by atoms with Crippen LogP contribution in [0.15, 0.2) is 49.1 Å². The van der Waals surface area contributed by atoms with Gasteiger partial charge in [-0.2, -0.15) is 0 Å². The van der Waals surface area contributed by atoms with Crippen molar-refractivity contribution in [1.29, 1.82) is 0 Å². The van der Waals surface area contributed by atoms with Crippen molar-refractivity contribution in [3.8, 4) is 0 Å². The molecule has 7 heteroatoms. The topological polar surface area (TPSA) is 76.8 Å². The van der Waals surface area contributed by atoms with Gasteiger partial charge in [0.05, 0.1) is 6.54 Å². The molecule has 24 heavy (non-hydrogen) atoms. The zero-order chi connectivity index (χ0) is 16.9. The van der Waals surface area contributed by atoms with E-state index >= 15 is 0 Å². The summed E-state index contributed by atoms with van der Waals surface area (Å²) in [4.78, 5) is 18.3. The molecule has 0 spiro atoms. The normalized spacial score (nSPS) is 10.6. The molecule has 1 aromatic carbocycles. The fraction of sp³-hybridized carbons (Fsp3) is 0.235. The molecular weight excluding hydrogens is 304 g/mol. The third-order valence-corrected chi connectivity index (χ3v) is 3.83. The number of hydrogen-bond donors (Lipinski definition) is 0. The summed E-state index contributed by atoms with van der Waals surface area (Å²) in [5.41, 5.74) is 3.86. The minimum Gasteiger partial charge on any atom is -0.337 e. The minimum absolute atomic E-state index is 0.0137. The standard InChI is InChI=1S/C17H18N6O/c1-13-9-18-8-7-16(13)11-22(2)17(24)15-5-3-14(4-6-15)10-23-12-19-20-21-23/h3-9,12H,10-11H2,1-2H3. The lowest BCUT2D eigenvalue weighted by molar-refractivity contribution is 0.0785. The van der Waals surface area contributed by atoms with Gasteiger partial charge in [-0.05, 0) is 52.2 Å². The van der Waals surface area contributed by atoms with Gasteiger partial charge in [0.25, 0.3) is 5.91 Å². The quantitative estimate of drug-likeness (QED) is 0.714. The Bertz CT molecular complexity index is 813. The van der Waals surface area contributed by atoms with Crippen LogP contribution in [-0.2, 0) is 13.1 Å². The molecule has 0 N–H and O–H groups in total. The van der Waals surface area contributed by atoms with Crippen LogP contribution in [0.2, 0.25) is 0 Å². The zero-order valence-electron chi connectivity index (χ0n) is 13.6. The Kier molecular flexibility index (Phi) is 4.60. The van der Waals surface area contributed by atoms with Crippen molar-refractivity contribution < 1.29 is 4.79 Å². The van der Waals surface area contributed by atoms with Gasteiger partial charge >= 0.3 is 0 Å². The van der Waals surface area contributed by atoms with Gasteiger partial charge in [0, 0.05) is 31.5 Å². The molecule has 122 valence electrons. The van der Waals surface area contributed by atoms with Crippen LogP contribution in [0, 0.1) is 6.92 Å². The maximum Gasteiger partial charge on any atom is 0.253 e. The van der Waals surface area contributed by atoms with Gasteiger partial charge in [0.1, 0.15) is 6.33 Å². The molecule has 0 fully saturated rings. The molecule has 0 saturated carbocycles. The SMILES string of the molecule is Cc1cnccc1CN(C)C(=O)c1ccc(Cn2cnnn2)cc1. The highest BCUT2D eigenvalue weighted by atomic mass is 16.2. The van der Waals surface area contributed by atoms with Crippen LogP contribution in [0.1, 0.15) is 27.0 Å². The van der Waals surface area contributed by atoms with Crippen LogP contribution in [-0.4, -0.2) is 43.0 Å². The summed E-state index contributed by atoms with van der Waals surface area (Å²) in [7, 11) is 1.80. The van der Waals surface area contributed by atoms with Crippen LogP contribution in [0.5, 0.6) is 0 Å². The second kappa shape index (κ2) is 6.99. The van der Waals surface area contributed by atoms with Crippen molar-refractivity contribution >= 4 is 5.91 Å². The van der Waals surface area contributed by atoms with E-state index in [2.05, 4.69) is 20.5 Å². The second-order valence-electron chi connectivity index (χ2n) is 5.67. The Hall–Kier alpha value is -3.09. The van der Waals surface area contributed by atoms with E-state index in [0.29, 0.717) is 18.7 Å². The molecule has 0 aliphatic carbocycles. The van der Waals surface area contributed by atoms with Crippen LogP contribution in [0.4, 0.5) is 0 Å². The molecule has 0 bridgehead atoms. The van der Waals surface area contributed by atoms with E-state index in [0.717, 1.165) is 16.7 Å². The summed E-state index contributed by atoms with van der Waals surface area (Å²) in [5.74, 6) is -0.0137. The average Bonchev–Trinajstić information content (AvgIpc) is 3.10. The Morgan fingerprint density at radius 1 is 1.21 bits per heavy atom. The summed E-state index contributed by atoms with van der Waals surface area (Å²) in [6.45, 7) is 3.13. The predicted molar refractivity (Wildman–Crippen MR) is 88.1 cm³/mol. The van der Waals surface area contributed by atoms with Crippen LogP contribution < -0.4 is 0 Å². The Balaban J connectivity index is 1.67. The number of aryl methyl sites for hydroxylation is 1. The Labute approximate surface area is 139 Å². The lowest BCUT2D eigenvalue weighted by atomic mass is 10.1. The molecule has 2 heterocycles. The van der Waals surface area contributed by atoms with E-state index in [4.69, 9.17) is 0 Å². The maximum absolute atomic E-state index is 12.6.